The van der Waals surface area contributed by atoms with Gasteiger partial charge in [0.15, 0.2) is 0 Å². The van der Waals surface area contributed by atoms with Crippen molar-refractivity contribution in [3.8, 4) is 0 Å². The molecule has 2 rings (SSSR count). The van der Waals surface area contributed by atoms with Gasteiger partial charge in [0.1, 0.15) is 5.76 Å². The standard InChI is InChI=1S/C14H24N2O/c1-4-15-7-13-5-6-17-14(13)10-16-8-11(2)12(3)9-16/h5-6,11-12,15H,4,7-10H2,1-3H3. The fraction of sp³-hybridized carbons (Fsp3) is 0.714. The Morgan fingerprint density at radius 3 is 2.71 bits per heavy atom. The van der Waals surface area contributed by atoms with Crippen LogP contribution >= 0.6 is 0 Å². The van der Waals surface area contributed by atoms with Crippen LogP contribution in [0.5, 0.6) is 0 Å². The second-order valence-corrected chi connectivity index (χ2v) is 5.30. The van der Waals surface area contributed by atoms with E-state index in [2.05, 4.69) is 37.1 Å². The van der Waals surface area contributed by atoms with Gasteiger partial charge in [0.25, 0.3) is 0 Å². The monoisotopic (exact) mass is 236 g/mol. The number of rotatable bonds is 5. The maximum absolute atomic E-state index is 5.61. The molecule has 17 heavy (non-hydrogen) atoms. The van der Waals surface area contributed by atoms with E-state index in [0.717, 1.165) is 37.2 Å². The van der Waals surface area contributed by atoms with Gasteiger partial charge < -0.3 is 9.73 Å². The van der Waals surface area contributed by atoms with E-state index in [1.165, 1.54) is 18.7 Å². The van der Waals surface area contributed by atoms with E-state index in [-0.39, 0.29) is 0 Å². The molecule has 1 aliphatic heterocycles. The lowest BCUT2D eigenvalue weighted by molar-refractivity contribution is 0.283. The molecular weight excluding hydrogens is 212 g/mol. The zero-order valence-electron chi connectivity index (χ0n) is 11.2. The van der Waals surface area contributed by atoms with Crippen LogP contribution in [0.3, 0.4) is 0 Å². The molecule has 3 heteroatoms. The molecular formula is C14H24N2O. The van der Waals surface area contributed by atoms with Gasteiger partial charge in [-0.25, -0.2) is 0 Å². The van der Waals surface area contributed by atoms with Gasteiger partial charge >= 0.3 is 0 Å². The van der Waals surface area contributed by atoms with Crippen LogP contribution < -0.4 is 5.32 Å². The number of hydrogen-bond acceptors (Lipinski definition) is 3. The summed E-state index contributed by atoms with van der Waals surface area (Å²) in [5.74, 6) is 2.75. The molecule has 0 saturated carbocycles. The van der Waals surface area contributed by atoms with Gasteiger partial charge in [0.05, 0.1) is 12.8 Å². The van der Waals surface area contributed by atoms with Crippen molar-refractivity contribution >= 4 is 0 Å². The van der Waals surface area contributed by atoms with Gasteiger partial charge in [-0.05, 0) is 24.4 Å². The van der Waals surface area contributed by atoms with Gasteiger partial charge in [0.2, 0.25) is 0 Å². The Kier molecular flexibility index (Phi) is 4.24. The summed E-state index contributed by atoms with van der Waals surface area (Å²) in [4.78, 5) is 2.50. The molecule has 0 spiro atoms. The van der Waals surface area contributed by atoms with Gasteiger partial charge in [-0.1, -0.05) is 20.8 Å². The lowest BCUT2D eigenvalue weighted by Gasteiger charge is -2.14. The first-order valence-corrected chi connectivity index (χ1v) is 6.69. The summed E-state index contributed by atoms with van der Waals surface area (Å²) in [6, 6.07) is 2.08. The lowest BCUT2D eigenvalue weighted by atomic mass is 10.0. The van der Waals surface area contributed by atoms with Gasteiger partial charge in [-0.3, -0.25) is 4.90 Å². The topological polar surface area (TPSA) is 28.4 Å². The minimum absolute atomic E-state index is 0.808. The smallest absolute Gasteiger partial charge is 0.122 e. The second-order valence-electron chi connectivity index (χ2n) is 5.30. The molecule has 2 atom stereocenters. The van der Waals surface area contributed by atoms with Gasteiger partial charge in [-0.2, -0.15) is 0 Å². The van der Waals surface area contributed by atoms with Crippen molar-refractivity contribution in [1.29, 1.82) is 0 Å². The molecule has 1 aliphatic rings. The molecule has 96 valence electrons. The molecule has 1 aromatic rings. The highest BCUT2D eigenvalue weighted by Gasteiger charge is 2.26. The minimum Gasteiger partial charge on any atom is -0.468 e. The molecule has 0 bridgehead atoms. The number of furan rings is 1. The summed E-state index contributed by atoms with van der Waals surface area (Å²) >= 11 is 0. The molecule has 3 nitrogen and oxygen atoms in total. The molecule has 0 amide bonds. The highest BCUT2D eigenvalue weighted by atomic mass is 16.3. The summed E-state index contributed by atoms with van der Waals surface area (Å²) in [7, 11) is 0. The second kappa shape index (κ2) is 5.69. The van der Waals surface area contributed by atoms with Crippen molar-refractivity contribution < 1.29 is 4.42 Å². The highest BCUT2D eigenvalue weighted by Crippen LogP contribution is 2.24. The predicted molar refractivity (Wildman–Crippen MR) is 69.7 cm³/mol. The van der Waals surface area contributed by atoms with Crippen LogP contribution in [0.1, 0.15) is 32.1 Å². The van der Waals surface area contributed by atoms with E-state index in [1.54, 1.807) is 0 Å². The fourth-order valence-electron chi connectivity index (χ4n) is 2.50. The van der Waals surface area contributed by atoms with Crippen molar-refractivity contribution in [2.24, 2.45) is 11.8 Å². The number of likely N-dealkylation sites (tertiary alicyclic amines) is 1. The van der Waals surface area contributed by atoms with Crippen molar-refractivity contribution in [3.05, 3.63) is 23.7 Å². The Morgan fingerprint density at radius 1 is 1.35 bits per heavy atom. The van der Waals surface area contributed by atoms with E-state index in [0.29, 0.717) is 0 Å². The molecule has 2 unspecified atom stereocenters. The van der Waals surface area contributed by atoms with Crippen LogP contribution in [0, 0.1) is 11.8 Å². The lowest BCUT2D eigenvalue weighted by Crippen LogP contribution is -2.21. The van der Waals surface area contributed by atoms with Gasteiger partial charge in [-0.15, -0.1) is 0 Å². The average molecular weight is 236 g/mol. The molecule has 0 aromatic carbocycles. The molecule has 0 radical (unpaired) electrons. The summed E-state index contributed by atoms with van der Waals surface area (Å²) in [6.07, 6.45) is 1.81. The van der Waals surface area contributed by atoms with Crippen LogP contribution in [-0.2, 0) is 13.1 Å². The maximum Gasteiger partial charge on any atom is 0.122 e. The third-order valence-electron chi connectivity index (χ3n) is 3.83. The van der Waals surface area contributed by atoms with E-state index >= 15 is 0 Å². The molecule has 1 fully saturated rings. The number of nitrogens with one attached hydrogen (secondary N) is 1. The summed E-state index contributed by atoms with van der Waals surface area (Å²) in [5.41, 5.74) is 1.30. The largest absolute Gasteiger partial charge is 0.468 e. The zero-order chi connectivity index (χ0) is 12.3. The number of hydrogen-bond donors (Lipinski definition) is 1. The summed E-state index contributed by atoms with van der Waals surface area (Å²) in [5, 5.41) is 3.35. The normalized spacial score (nSPS) is 25.6. The van der Waals surface area contributed by atoms with Crippen molar-refractivity contribution in [3.63, 3.8) is 0 Å². The van der Waals surface area contributed by atoms with Crippen molar-refractivity contribution in [2.75, 3.05) is 19.6 Å². The van der Waals surface area contributed by atoms with Crippen LogP contribution in [-0.4, -0.2) is 24.5 Å². The van der Waals surface area contributed by atoms with Crippen LogP contribution in [0.2, 0.25) is 0 Å². The molecule has 1 N–H and O–H groups in total. The molecule has 1 aromatic heterocycles. The zero-order valence-corrected chi connectivity index (χ0v) is 11.2. The number of nitrogens with zero attached hydrogens (tertiary/aromatic N) is 1. The third kappa shape index (κ3) is 3.11. The fourth-order valence-corrected chi connectivity index (χ4v) is 2.50. The molecule has 1 saturated heterocycles. The van der Waals surface area contributed by atoms with Crippen molar-refractivity contribution in [1.82, 2.24) is 10.2 Å². The molecule has 0 aliphatic carbocycles. The van der Waals surface area contributed by atoms with E-state index in [9.17, 15) is 0 Å². The summed E-state index contributed by atoms with van der Waals surface area (Å²) in [6.45, 7) is 12.1. The Balaban J connectivity index is 1.92. The van der Waals surface area contributed by atoms with Crippen LogP contribution in [0.4, 0.5) is 0 Å². The average Bonchev–Trinajstić information content (AvgIpc) is 2.85. The Hall–Kier alpha value is -0.800. The highest BCUT2D eigenvalue weighted by molar-refractivity contribution is 5.17. The maximum atomic E-state index is 5.61. The third-order valence-corrected chi connectivity index (χ3v) is 3.83. The van der Waals surface area contributed by atoms with E-state index in [4.69, 9.17) is 4.42 Å². The Bertz CT molecular complexity index is 338. The first-order valence-electron chi connectivity index (χ1n) is 6.69. The van der Waals surface area contributed by atoms with Crippen molar-refractivity contribution in [2.45, 2.75) is 33.9 Å². The van der Waals surface area contributed by atoms with Gasteiger partial charge in [0, 0.05) is 25.2 Å². The summed E-state index contributed by atoms with van der Waals surface area (Å²) < 4.78 is 5.61. The van der Waals surface area contributed by atoms with E-state index < -0.39 is 0 Å². The van der Waals surface area contributed by atoms with E-state index in [1.807, 2.05) is 6.26 Å². The Morgan fingerprint density at radius 2 is 2.06 bits per heavy atom. The first kappa shape index (κ1) is 12.7. The quantitative estimate of drug-likeness (QED) is 0.851. The predicted octanol–water partition coefficient (Wildman–Crippen LogP) is 2.48. The van der Waals surface area contributed by atoms with Crippen LogP contribution in [0.25, 0.3) is 0 Å². The SMILES string of the molecule is CCNCc1ccoc1CN1CC(C)C(C)C1. The first-order chi connectivity index (χ1) is 8.20. The molecule has 2 heterocycles. The van der Waals surface area contributed by atoms with Crippen LogP contribution in [0.15, 0.2) is 16.7 Å². The minimum atomic E-state index is 0.808. The Labute approximate surface area is 104 Å².